The Kier molecular flexibility index (Phi) is 6.74. The lowest BCUT2D eigenvalue weighted by Gasteiger charge is -2.08. The van der Waals surface area contributed by atoms with Crippen molar-refractivity contribution in [1.29, 1.82) is 0 Å². The van der Waals surface area contributed by atoms with Crippen LogP contribution in [0.3, 0.4) is 0 Å². The number of hydrogen-bond donors (Lipinski definition) is 2. The third-order valence-electron chi connectivity index (χ3n) is 2.10. The van der Waals surface area contributed by atoms with Crippen LogP contribution in [-0.2, 0) is 9.59 Å². The van der Waals surface area contributed by atoms with Crippen molar-refractivity contribution in [3.05, 3.63) is 0 Å². The molecule has 0 aromatic rings. The molecule has 1 aliphatic heterocycles. The van der Waals surface area contributed by atoms with Crippen molar-refractivity contribution < 1.29 is 9.59 Å². The molecule has 14 heavy (non-hydrogen) atoms. The summed E-state index contributed by atoms with van der Waals surface area (Å²) in [6.07, 6.45) is 2.13. The molecular formula is C9H19N3O2. The van der Waals surface area contributed by atoms with Gasteiger partial charge in [0.05, 0.1) is 0 Å². The third kappa shape index (κ3) is 4.23. The summed E-state index contributed by atoms with van der Waals surface area (Å²) in [7, 11) is 0. The Balaban J connectivity index is 0.000000791. The number of carbonyl (C=O) groups is 2. The van der Waals surface area contributed by atoms with Gasteiger partial charge >= 0.3 is 0 Å². The monoisotopic (exact) mass is 201 g/mol. The highest BCUT2D eigenvalue weighted by Gasteiger charge is 2.22. The van der Waals surface area contributed by atoms with E-state index in [-0.39, 0.29) is 11.8 Å². The lowest BCUT2D eigenvalue weighted by atomic mass is 10.1. The predicted molar refractivity (Wildman–Crippen MR) is 54.0 cm³/mol. The van der Waals surface area contributed by atoms with E-state index in [9.17, 15) is 9.59 Å². The number of likely N-dealkylation sites (tertiary alicyclic amines) is 1. The highest BCUT2D eigenvalue weighted by Crippen LogP contribution is 2.17. The Hall–Kier alpha value is -1.10. The molecule has 1 atom stereocenters. The molecule has 0 aromatic carbocycles. The fourth-order valence-electron chi connectivity index (χ4n) is 1.45. The van der Waals surface area contributed by atoms with E-state index in [2.05, 4.69) is 5.43 Å². The highest BCUT2D eigenvalue weighted by atomic mass is 16.2. The third-order valence-corrected chi connectivity index (χ3v) is 2.10. The largest absolute Gasteiger partial charge is 0.345 e. The fourth-order valence-corrected chi connectivity index (χ4v) is 1.45. The van der Waals surface area contributed by atoms with E-state index in [4.69, 9.17) is 5.84 Å². The van der Waals surface area contributed by atoms with Crippen molar-refractivity contribution in [2.75, 3.05) is 13.1 Å². The van der Waals surface area contributed by atoms with Crippen LogP contribution in [0.25, 0.3) is 0 Å². The Morgan fingerprint density at radius 2 is 2.29 bits per heavy atom. The summed E-state index contributed by atoms with van der Waals surface area (Å²) in [5.74, 6) is 5.05. The quantitative estimate of drug-likeness (QED) is 0.289. The molecule has 5 nitrogen and oxygen atoms in total. The van der Waals surface area contributed by atoms with Gasteiger partial charge in [0.2, 0.25) is 12.3 Å². The number of nitrogens with two attached hydrogens (primary N) is 1. The fraction of sp³-hybridized carbons (Fsp3) is 0.778. The van der Waals surface area contributed by atoms with Crippen molar-refractivity contribution in [3.63, 3.8) is 0 Å². The zero-order valence-electron chi connectivity index (χ0n) is 8.82. The maximum atomic E-state index is 10.8. The molecule has 1 unspecified atom stereocenters. The van der Waals surface area contributed by atoms with Crippen LogP contribution < -0.4 is 11.3 Å². The van der Waals surface area contributed by atoms with Crippen LogP contribution in [0.4, 0.5) is 0 Å². The minimum absolute atomic E-state index is 0.159. The Labute approximate surface area is 84.6 Å². The van der Waals surface area contributed by atoms with Gasteiger partial charge in [-0.2, -0.15) is 0 Å². The second-order valence-electron chi connectivity index (χ2n) is 3.03. The van der Waals surface area contributed by atoms with Crippen LogP contribution in [0, 0.1) is 5.92 Å². The Bertz CT molecular complexity index is 185. The van der Waals surface area contributed by atoms with Crippen LogP contribution in [0.15, 0.2) is 0 Å². The second-order valence-corrected chi connectivity index (χ2v) is 3.03. The molecule has 2 amide bonds. The lowest BCUT2D eigenvalue weighted by molar-refractivity contribution is -0.122. The number of carbonyl (C=O) groups excluding carboxylic acids is 2. The molecule has 0 bridgehead atoms. The Morgan fingerprint density at radius 3 is 2.71 bits per heavy atom. The first-order valence-corrected chi connectivity index (χ1v) is 4.95. The number of amides is 2. The van der Waals surface area contributed by atoms with Gasteiger partial charge in [0.25, 0.3) is 0 Å². The maximum Gasteiger partial charge on any atom is 0.234 e. The van der Waals surface area contributed by atoms with E-state index < -0.39 is 0 Å². The van der Waals surface area contributed by atoms with Crippen molar-refractivity contribution in [1.82, 2.24) is 10.3 Å². The van der Waals surface area contributed by atoms with E-state index in [0.717, 1.165) is 19.4 Å². The number of nitrogens with zero attached hydrogens (tertiary/aromatic N) is 1. The molecular weight excluding hydrogens is 182 g/mol. The summed E-state index contributed by atoms with van der Waals surface area (Å²) in [4.78, 5) is 22.8. The molecule has 0 aromatic heterocycles. The zero-order valence-corrected chi connectivity index (χ0v) is 8.82. The first-order valence-electron chi connectivity index (χ1n) is 4.95. The number of nitrogens with one attached hydrogen (secondary N) is 1. The lowest BCUT2D eigenvalue weighted by Crippen LogP contribution is -2.32. The number of hydrazine groups is 1. The second kappa shape index (κ2) is 7.32. The van der Waals surface area contributed by atoms with Gasteiger partial charge in [-0.05, 0) is 12.3 Å². The van der Waals surface area contributed by atoms with Gasteiger partial charge < -0.3 is 4.90 Å². The van der Waals surface area contributed by atoms with Gasteiger partial charge in [-0.3, -0.25) is 15.0 Å². The van der Waals surface area contributed by atoms with Gasteiger partial charge in [0.15, 0.2) is 0 Å². The molecule has 1 fully saturated rings. The van der Waals surface area contributed by atoms with E-state index in [0.29, 0.717) is 13.0 Å². The van der Waals surface area contributed by atoms with Gasteiger partial charge in [-0.1, -0.05) is 13.8 Å². The molecule has 0 radical (unpaired) electrons. The van der Waals surface area contributed by atoms with Gasteiger partial charge in [0, 0.05) is 19.5 Å². The van der Waals surface area contributed by atoms with Crippen LogP contribution in [0.1, 0.15) is 26.7 Å². The number of hydrogen-bond acceptors (Lipinski definition) is 3. The molecule has 5 heteroatoms. The summed E-state index contributed by atoms with van der Waals surface area (Å²) >= 11 is 0. The predicted octanol–water partition coefficient (Wildman–Crippen LogP) is -0.129. The van der Waals surface area contributed by atoms with Crippen LogP contribution >= 0.6 is 0 Å². The van der Waals surface area contributed by atoms with Gasteiger partial charge in [-0.15, -0.1) is 0 Å². The van der Waals surface area contributed by atoms with E-state index in [1.807, 2.05) is 13.8 Å². The summed E-state index contributed by atoms with van der Waals surface area (Å²) in [6, 6.07) is 0. The van der Waals surface area contributed by atoms with E-state index >= 15 is 0 Å². The van der Waals surface area contributed by atoms with Crippen molar-refractivity contribution >= 4 is 12.3 Å². The molecule has 1 heterocycles. The average molecular weight is 201 g/mol. The molecule has 0 aliphatic carbocycles. The minimum atomic E-state index is -0.159. The molecule has 1 aliphatic rings. The smallest absolute Gasteiger partial charge is 0.234 e. The molecule has 0 spiro atoms. The summed E-state index contributed by atoms with van der Waals surface area (Å²) in [6.45, 7) is 5.43. The van der Waals surface area contributed by atoms with Crippen molar-refractivity contribution in [2.24, 2.45) is 11.8 Å². The van der Waals surface area contributed by atoms with Crippen molar-refractivity contribution in [2.45, 2.75) is 26.7 Å². The molecule has 0 saturated carbocycles. The van der Waals surface area contributed by atoms with Gasteiger partial charge in [0.1, 0.15) is 0 Å². The number of rotatable bonds is 3. The van der Waals surface area contributed by atoms with Crippen LogP contribution in [0.2, 0.25) is 0 Å². The summed E-state index contributed by atoms with van der Waals surface area (Å²) in [5.41, 5.74) is 2.08. The van der Waals surface area contributed by atoms with E-state index in [1.54, 1.807) is 4.90 Å². The van der Waals surface area contributed by atoms with E-state index in [1.165, 1.54) is 0 Å². The summed E-state index contributed by atoms with van der Waals surface area (Å²) < 4.78 is 0. The maximum absolute atomic E-state index is 10.8. The Morgan fingerprint density at radius 1 is 1.64 bits per heavy atom. The highest BCUT2D eigenvalue weighted by molar-refractivity contribution is 5.75. The van der Waals surface area contributed by atoms with Crippen molar-refractivity contribution in [3.8, 4) is 0 Å². The molecule has 3 N–H and O–H groups in total. The minimum Gasteiger partial charge on any atom is -0.345 e. The molecule has 1 rings (SSSR count). The molecule has 1 saturated heterocycles. The van der Waals surface area contributed by atoms with Gasteiger partial charge in [-0.25, -0.2) is 5.84 Å². The topological polar surface area (TPSA) is 75.4 Å². The summed E-state index contributed by atoms with van der Waals surface area (Å²) in [5, 5.41) is 0. The van der Waals surface area contributed by atoms with Crippen LogP contribution in [0.5, 0.6) is 0 Å². The first-order chi connectivity index (χ1) is 6.76. The molecule has 82 valence electrons. The zero-order chi connectivity index (χ0) is 11.0. The SMILES string of the molecule is CC.NNC(=O)CC1CCN(C=O)C1. The average Bonchev–Trinajstić information content (AvgIpc) is 2.68. The van der Waals surface area contributed by atoms with Crippen LogP contribution in [-0.4, -0.2) is 30.3 Å². The standard InChI is InChI=1S/C7H13N3O2.C2H6/c8-9-7(12)3-6-1-2-10(4-6)5-11;1-2/h5-6H,1-4,8H2,(H,9,12);1-2H3. The first kappa shape index (κ1) is 12.9. The normalized spacial score (nSPS) is 19.6.